The van der Waals surface area contributed by atoms with Gasteiger partial charge >= 0.3 is 0 Å². The summed E-state index contributed by atoms with van der Waals surface area (Å²) in [5.74, 6) is 0. The Bertz CT molecular complexity index is 596. The van der Waals surface area contributed by atoms with Gasteiger partial charge in [-0.3, -0.25) is 0 Å². The number of aromatic nitrogens is 2. The largest absolute Gasteiger partial charge is 0.328 e. The van der Waals surface area contributed by atoms with Gasteiger partial charge in [0, 0.05) is 19.5 Å². The van der Waals surface area contributed by atoms with Crippen molar-refractivity contribution in [1.29, 1.82) is 0 Å². The van der Waals surface area contributed by atoms with E-state index < -0.39 is 0 Å². The van der Waals surface area contributed by atoms with Gasteiger partial charge in [0.05, 0.1) is 23.3 Å². The topological polar surface area (TPSA) is 29.9 Å². The zero-order valence-electron chi connectivity index (χ0n) is 11.9. The van der Waals surface area contributed by atoms with E-state index in [-0.39, 0.29) is 5.54 Å². The summed E-state index contributed by atoms with van der Waals surface area (Å²) in [6, 6.07) is 8.69. The molecule has 0 spiro atoms. The SMILES string of the molecule is Cc1cccc(Cn2cnc3c2C(C)(C)NCC3)c1. The number of benzene rings is 1. The molecular weight excluding hydrogens is 234 g/mol. The summed E-state index contributed by atoms with van der Waals surface area (Å²) in [6.07, 6.45) is 3.02. The predicted octanol–water partition coefficient (Wildman–Crippen LogP) is 2.62. The first-order chi connectivity index (χ1) is 9.06. The molecule has 0 fully saturated rings. The van der Waals surface area contributed by atoms with Gasteiger partial charge in [-0.05, 0) is 26.3 Å². The van der Waals surface area contributed by atoms with E-state index in [4.69, 9.17) is 0 Å². The summed E-state index contributed by atoms with van der Waals surface area (Å²) in [7, 11) is 0. The molecular formula is C16H21N3. The van der Waals surface area contributed by atoms with Gasteiger partial charge < -0.3 is 9.88 Å². The first-order valence-corrected chi connectivity index (χ1v) is 6.91. The maximum atomic E-state index is 4.59. The molecule has 1 aromatic heterocycles. The lowest BCUT2D eigenvalue weighted by molar-refractivity contribution is 0.357. The molecule has 2 aromatic rings. The van der Waals surface area contributed by atoms with Crippen molar-refractivity contribution in [3.63, 3.8) is 0 Å². The molecule has 0 saturated heterocycles. The number of imidazole rings is 1. The monoisotopic (exact) mass is 255 g/mol. The second-order valence-corrected chi connectivity index (χ2v) is 5.96. The van der Waals surface area contributed by atoms with Crippen LogP contribution in [0.4, 0.5) is 0 Å². The second kappa shape index (κ2) is 4.49. The summed E-state index contributed by atoms with van der Waals surface area (Å²) in [6.45, 7) is 8.52. The van der Waals surface area contributed by atoms with E-state index in [9.17, 15) is 0 Å². The Kier molecular flexibility index (Phi) is 2.94. The maximum absolute atomic E-state index is 4.59. The highest BCUT2D eigenvalue weighted by Gasteiger charge is 2.31. The van der Waals surface area contributed by atoms with Crippen LogP contribution in [0.15, 0.2) is 30.6 Å². The summed E-state index contributed by atoms with van der Waals surface area (Å²) < 4.78 is 2.29. The van der Waals surface area contributed by atoms with Crippen molar-refractivity contribution in [2.75, 3.05) is 6.54 Å². The van der Waals surface area contributed by atoms with E-state index in [0.29, 0.717) is 0 Å². The second-order valence-electron chi connectivity index (χ2n) is 5.96. The quantitative estimate of drug-likeness (QED) is 0.894. The molecule has 1 aromatic carbocycles. The minimum atomic E-state index is 0.00785. The first-order valence-electron chi connectivity index (χ1n) is 6.91. The van der Waals surface area contributed by atoms with Gasteiger partial charge in [-0.1, -0.05) is 29.8 Å². The van der Waals surface area contributed by atoms with Gasteiger partial charge in [-0.15, -0.1) is 0 Å². The number of aryl methyl sites for hydroxylation is 1. The molecule has 3 heteroatoms. The number of nitrogens with one attached hydrogen (secondary N) is 1. The molecule has 1 aliphatic rings. The predicted molar refractivity (Wildman–Crippen MR) is 77.2 cm³/mol. The van der Waals surface area contributed by atoms with Gasteiger partial charge in [-0.2, -0.15) is 0 Å². The van der Waals surface area contributed by atoms with Crippen LogP contribution in [0.2, 0.25) is 0 Å². The molecule has 3 nitrogen and oxygen atoms in total. The van der Waals surface area contributed by atoms with E-state index in [1.54, 1.807) is 0 Å². The maximum Gasteiger partial charge on any atom is 0.0955 e. The third-order valence-electron chi connectivity index (χ3n) is 3.87. The average molecular weight is 255 g/mol. The van der Waals surface area contributed by atoms with Crippen LogP contribution in [0.5, 0.6) is 0 Å². The number of nitrogens with zero attached hydrogens (tertiary/aromatic N) is 2. The highest BCUT2D eigenvalue weighted by atomic mass is 15.1. The smallest absolute Gasteiger partial charge is 0.0955 e. The van der Waals surface area contributed by atoms with Crippen molar-refractivity contribution in [2.45, 2.75) is 39.3 Å². The summed E-state index contributed by atoms with van der Waals surface area (Å²) in [5, 5.41) is 3.58. The minimum absolute atomic E-state index is 0.00785. The van der Waals surface area contributed by atoms with Gasteiger partial charge in [0.2, 0.25) is 0 Å². The van der Waals surface area contributed by atoms with E-state index in [1.807, 2.05) is 6.33 Å². The Morgan fingerprint density at radius 1 is 1.37 bits per heavy atom. The van der Waals surface area contributed by atoms with Crippen molar-refractivity contribution in [2.24, 2.45) is 0 Å². The Morgan fingerprint density at radius 2 is 2.21 bits per heavy atom. The number of hydrogen-bond donors (Lipinski definition) is 1. The van der Waals surface area contributed by atoms with Crippen LogP contribution in [0.1, 0.15) is 36.4 Å². The molecule has 1 aliphatic heterocycles. The van der Waals surface area contributed by atoms with Crippen LogP contribution in [-0.4, -0.2) is 16.1 Å². The minimum Gasteiger partial charge on any atom is -0.328 e. The highest BCUT2D eigenvalue weighted by molar-refractivity contribution is 5.28. The van der Waals surface area contributed by atoms with E-state index in [1.165, 1.54) is 22.5 Å². The molecule has 0 amide bonds. The van der Waals surface area contributed by atoms with Crippen LogP contribution in [0, 0.1) is 6.92 Å². The van der Waals surface area contributed by atoms with E-state index >= 15 is 0 Å². The van der Waals surface area contributed by atoms with Gasteiger partial charge in [-0.25, -0.2) is 4.98 Å². The molecule has 100 valence electrons. The van der Waals surface area contributed by atoms with E-state index in [2.05, 4.69) is 59.9 Å². The molecule has 0 radical (unpaired) electrons. The Balaban J connectivity index is 1.97. The molecule has 1 N–H and O–H groups in total. The average Bonchev–Trinajstić information content (AvgIpc) is 2.73. The zero-order valence-corrected chi connectivity index (χ0v) is 11.9. The van der Waals surface area contributed by atoms with Crippen LogP contribution in [0.3, 0.4) is 0 Å². The Morgan fingerprint density at radius 3 is 3.00 bits per heavy atom. The van der Waals surface area contributed by atoms with E-state index in [0.717, 1.165) is 19.5 Å². The van der Waals surface area contributed by atoms with Crippen LogP contribution in [0.25, 0.3) is 0 Å². The fourth-order valence-electron chi connectivity index (χ4n) is 3.03. The normalized spacial score (nSPS) is 17.2. The van der Waals surface area contributed by atoms with Crippen LogP contribution in [-0.2, 0) is 18.5 Å². The first kappa shape index (κ1) is 12.4. The Hall–Kier alpha value is -1.61. The summed E-state index contributed by atoms with van der Waals surface area (Å²) in [4.78, 5) is 4.59. The molecule has 2 heterocycles. The zero-order chi connectivity index (χ0) is 13.5. The standard InChI is InChI=1S/C16H21N3/c1-12-5-4-6-13(9-12)10-19-11-17-14-7-8-18-16(2,3)15(14)19/h4-6,9,11,18H,7-8,10H2,1-3H3. The third kappa shape index (κ3) is 2.30. The molecule has 0 unspecified atom stereocenters. The van der Waals surface area contributed by atoms with Crippen molar-refractivity contribution in [3.05, 3.63) is 53.1 Å². The molecule has 3 rings (SSSR count). The number of fused-ring (bicyclic) bond motifs is 1. The molecule has 0 atom stereocenters. The van der Waals surface area contributed by atoms with Crippen molar-refractivity contribution < 1.29 is 0 Å². The fourth-order valence-corrected chi connectivity index (χ4v) is 3.03. The third-order valence-corrected chi connectivity index (χ3v) is 3.87. The van der Waals surface area contributed by atoms with Gasteiger partial charge in [0.1, 0.15) is 0 Å². The van der Waals surface area contributed by atoms with Crippen molar-refractivity contribution >= 4 is 0 Å². The number of rotatable bonds is 2. The van der Waals surface area contributed by atoms with Crippen LogP contribution >= 0.6 is 0 Å². The highest BCUT2D eigenvalue weighted by Crippen LogP contribution is 2.27. The molecule has 19 heavy (non-hydrogen) atoms. The molecule has 0 saturated carbocycles. The lowest BCUT2D eigenvalue weighted by Gasteiger charge is -2.32. The fraction of sp³-hybridized carbons (Fsp3) is 0.438. The molecule has 0 bridgehead atoms. The lowest BCUT2D eigenvalue weighted by Crippen LogP contribution is -2.44. The van der Waals surface area contributed by atoms with Gasteiger partial charge in [0.25, 0.3) is 0 Å². The summed E-state index contributed by atoms with van der Waals surface area (Å²) in [5.41, 5.74) is 5.23. The molecule has 0 aliphatic carbocycles. The van der Waals surface area contributed by atoms with Gasteiger partial charge in [0.15, 0.2) is 0 Å². The lowest BCUT2D eigenvalue weighted by atomic mass is 9.93. The van der Waals surface area contributed by atoms with Crippen molar-refractivity contribution in [3.8, 4) is 0 Å². The summed E-state index contributed by atoms with van der Waals surface area (Å²) >= 11 is 0. The number of hydrogen-bond acceptors (Lipinski definition) is 2. The Labute approximate surface area is 114 Å². The van der Waals surface area contributed by atoms with Crippen molar-refractivity contribution in [1.82, 2.24) is 14.9 Å². The van der Waals surface area contributed by atoms with Crippen LogP contribution < -0.4 is 5.32 Å².